The van der Waals surface area contributed by atoms with Crippen LogP contribution in [0, 0.1) is 6.92 Å². The van der Waals surface area contributed by atoms with Crippen LogP contribution in [0.5, 0.6) is 0 Å². The molecule has 92 valence electrons. The van der Waals surface area contributed by atoms with E-state index in [1.807, 2.05) is 37.3 Å². The molecule has 0 bridgehead atoms. The van der Waals surface area contributed by atoms with Crippen LogP contribution in [0.25, 0.3) is 0 Å². The van der Waals surface area contributed by atoms with Gasteiger partial charge in [-0.2, -0.15) is 0 Å². The molecule has 2 N–H and O–H groups in total. The minimum absolute atomic E-state index is 0.207. The Hall–Kier alpha value is -2.36. The van der Waals surface area contributed by atoms with Gasteiger partial charge in [0, 0.05) is 24.6 Å². The Bertz CT molecular complexity index is 566. The number of rotatable bonds is 3. The van der Waals surface area contributed by atoms with Crippen LogP contribution in [0.4, 0.5) is 11.4 Å². The van der Waals surface area contributed by atoms with E-state index in [0.29, 0.717) is 5.69 Å². The maximum atomic E-state index is 12.0. The molecule has 0 atom stereocenters. The predicted octanol–water partition coefficient (Wildman–Crippen LogP) is 2.68. The van der Waals surface area contributed by atoms with Gasteiger partial charge in [-0.15, -0.1) is 0 Å². The van der Waals surface area contributed by atoms with Crippen molar-refractivity contribution < 1.29 is 4.79 Å². The first-order chi connectivity index (χ1) is 8.70. The van der Waals surface area contributed by atoms with Crippen LogP contribution in [-0.2, 0) is 0 Å². The third-order valence-electron chi connectivity index (χ3n) is 2.67. The van der Waals surface area contributed by atoms with E-state index in [9.17, 15) is 4.79 Å². The molecule has 0 saturated carbocycles. The van der Waals surface area contributed by atoms with Crippen molar-refractivity contribution in [1.82, 2.24) is 4.98 Å². The third-order valence-corrected chi connectivity index (χ3v) is 2.67. The summed E-state index contributed by atoms with van der Waals surface area (Å²) in [6, 6.07) is 11.2. The summed E-state index contributed by atoms with van der Waals surface area (Å²) in [6.45, 7) is 1.95. The molecule has 18 heavy (non-hydrogen) atoms. The Labute approximate surface area is 106 Å². The number of carbonyl (C=O) groups excluding carboxylic acids is 1. The maximum absolute atomic E-state index is 12.0. The van der Waals surface area contributed by atoms with Crippen molar-refractivity contribution in [3.8, 4) is 0 Å². The van der Waals surface area contributed by atoms with E-state index in [-0.39, 0.29) is 5.91 Å². The van der Waals surface area contributed by atoms with E-state index in [2.05, 4.69) is 15.6 Å². The molecule has 1 aromatic heterocycles. The monoisotopic (exact) mass is 241 g/mol. The molecular weight excluding hydrogens is 226 g/mol. The number of aryl methyl sites for hydroxylation is 1. The number of benzene rings is 1. The highest BCUT2D eigenvalue weighted by Gasteiger charge is 2.09. The fourth-order valence-corrected chi connectivity index (χ4v) is 1.61. The third kappa shape index (κ3) is 2.66. The van der Waals surface area contributed by atoms with Crippen LogP contribution in [0.3, 0.4) is 0 Å². The highest BCUT2D eigenvalue weighted by molar-refractivity contribution is 6.03. The number of pyridine rings is 1. The van der Waals surface area contributed by atoms with E-state index in [4.69, 9.17) is 0 Å². The van der Waals surface area contributed by atoms with Gasteiger partial charge in [-0.3, -0.25) is 9.78 Å². The van der Waals surface area contributed by atoms with Gasteiger partial charge in [0.2, 0.25) is 0 Å². The molecule has 0 aliphatic carbocycles. The molecular formula is C14H15N3O. The minimum atomic E-state index is -0.207. The summed E-state index contributed by atoms with van der Waals surface area (Å²) in [6.07, 6.45) is 1.61. The van der Waals surface area contributed by atoms with E-state index in [0.717, 1.165) is 16.9 Å². The molecule has 0 aliphatic heterocycles. The van der Waals surface area contributed by atoms with Crippen molar-refractivity contribution in [1.29, 1.82) is 0 Å². The van der Waals surface area contributed by atoms with Gasteiger partial charge >= 0.3 is 0 Å². The molecule has 0 saturated heterocycles. The first-order valence-electron chi connectivity index (χ1n) is 5.71. The molecule has 1 amide bonds. The van der Waals surface area contributed by atoms with Crippen LogP contribution in [0.1, 0.15) is 16.1 Å². The molecule has 2 aromatic rings. The summed E-state index contributed by atoms with van der Waals surface area (Å²) in [5.41, 5.74) is 3.08. The van der Waals surface area contributed by atoms with Crippen molar-refractivity contribution in [3.05, 3.63) is 53.9 Å². The second kappa shape index (κ2) is 5.31. The summed E-state index contributed by atoms with van der Waals surface area (Å²) < 4.78 is 0. The van der Waals surface area contributed by atoms with Crippen molar-refractivity contribution in [2.75, 3.05) is 17.7 Å². The molecule has 0 radical (unpaired) electrons. The molecule has 2 rings (SSSR count). The molecule has 4 heteroatoms. The quantitative estimate of drug-likeness (QED) is 0.868. The Morgan fingerprint density at radius 2 is 2.00 bits per heavy atom. The fourth-order valence-electron chi connectivity index (χ4n) is 1.61. The van der Waals surface area contributed by atoms with Gasteiger partial charge in [0.15, 0.2) is 0 Å². The van der Waals surface area contributed by atoms with Crippen LogP contribution >= 0.6 is 0 Å². The average Bonchev–Trinajstić information content (AvgIpc) is 2.41. The molecule has 0 aliphatic rings. The van der Waals surface area contributed by atoms with Gasteiger partial charge in [-0.25, -0.2) is 0 Å². The van der Waals surface area contributed by atoms with Crippen LogP contribution in [-0.4, -0.2) is 17.9 Å². The second-order valence-corrected chi connectivity index (χ2v) is 3.95. The summed E-state index contributed by atoms with van der Waals surface area (Å²) >= 11 is 0. The first kappa shape index (κ1) is 12.1. The SMILES string of the molecule is CNc1ccnc(C(=O)Nc2ccccc2C)c1. The first-order valence-corrected chi connectivity index (χ1v) is 5.71. The number of nitrogens with zero attached hydrogens (tertiary/aromatic N) is 1. The van der Waals surface area contributed by atoms with Crippen LogP contribution < -0.4 is 10.6 Å². The second-order valence-electron chi connectivity index (χ2n) is 3.95. The van der Waals surface area contributed by atoms with Crippen molar-refractivity contribution in [2.24, 2.45) is 0 Å². The smallest absolute Gasteiger partial charge is 0.274 e. The fraction of sp³-hybridized carbons (Fsp3) is 0.143. The minimum Gasteiger partial charge on any atom is -0.388 e. The van der Waals surface area contributed by atoms with Crippen LogP contribution in [0.2, 0.25) is 0 Å². The highest BCUT2D eigenvalue weighted by atomic mass is 16.1. The Balaban J connectivity index is 2.19. The Morgan fingerprint density at radius 3 is 2.72 bits per heavy atom. The largest absolute Gasteiger partial charge is 0.388 e. The summed E-state index contributed by atoms with van der Waals surface area (Å²) in [5, 5.41) is 5.83. The number of hydrogen-bond acceptors (Lipinski definition) is 3. The van der Waals surface area contributed by atoms with E-state index in [1.165, 1.54) is 0 Å². The molecule has 1 heterocycles. The lowest BCUT2D eigenvalue weighted by atomic mass is 10.2. The highest BCUT2D eigenvalue weighted by Crippen LogP contribution is 2.15. The number of hydrogen-bond donors (Lipinski definition) is 2. The van der Waals surface area contributed by atoms with Crippen LogP contribution in [0.15, 0.2) is 42.6 Å². The van der Waals surface area contributed by atoms with Crippen molar-refractivity contribution in [3.63, 3.8) is 0 Å². The maximum Gasteiger partial charge on any atom is 0.274 e. The number of nitrogens with one attached hydrogen (secondary N) is 2. The van der Waals surface area contributed by atoms with E-state index >= 15 is 0 Å². The lowest BCUT2D eigenvalue weighted by molar-refractivity contribution is 0.102. The zero-order valence-corrected chi connectivity index (χ0v) is 10.4. The van der Waals surface area contributed by atoms with Gasteiger partial charge in [0.05, 0.1) is 0 Å². The summed E-state index contributed by atoms with van der Waals surface area (Å²) in [5.74, 6) is -0.207. The van der Waals surface area contributed by atoms with Gasteiger partial charge in [-0.05, 0) is 30.7 Å². The van der Waals surface area contributed by atoms with E-state index < -0.39 is 0 Å². The van der Waals surface area contributed by atoms with Gasteiger partial charge in [0.1, 0.15) is 5.69 Å². The molecule has 4 nitrogen and oxygen atoms in total. The molecule has 0 spiro atoms. The zero-order valence-electron chi connectivity index (χ0n) is 10.4. The molecule has 1 aromatic carbocycles. The summed E-state index contributed by atoms with van der Waals surface area (Å²) in [7, 11) is 1.80. The van der Waals surface area contributed by atoms with Gasteiger partial charge in [-0.1, -0.05) is 18.2 Å². The lowest BCUT2D eigenvalue weighted by Crippen LogP contribution is -2.14. The zero-order chi connectivity index (χ0) is 13.0. The normalized spacial score (nSPS) is 9.89. The van der Waals surface area contributed by atoms with Crippen molar-refractivity contribution >= 4 is 17.3 Å². The number of para-hydroxylation sites is 1. The number of carbonyl (C=O) groups is 1. The standard InChI is InChI=1S/C14H15N3O/c1-10-5-3-4-6-12(10)17-14(18)13-9-11(15-2)7-8-16-13/h3-9H,1-2H3,(H,15,16)(H,17,18). The Kier molecular flexibility index (Phi) is 3.57. The number of anilines is 2. The number of amides is 1. The molecule has 0 fully saturated rings. The van der Waals surface area contributed by atoms with Crippen molar-refractivity contribution in [2.45, 2.75) is 6.92 Å². The summed E-state index contributed by atoms with van der Waals surface area (Å²) in [4.78, 5) is 16.1. The lowest BCUT2D eigenvalue weighted by Gasteiger charge is -2.08. The number of aromatic nitrogens is 1. The average molecular weight is 241 g/mol. The molecule has 0 unspecified atom stereocenters. The topological polar surface area (TPSA) is 54.0 Å². The Morgan fingerprint density at radius 1 is 1.22 bits per heavy atom. The van der Waals surface area contributed by atoms with Gasteiger partial charge < -0.3 is 10.6 Å². The van der Waals surface area contributed by atoms with Gasteiger partial charge in [0.25, 0.3) is 5.91 Å². The van der Waals surface area contributed by atoms with E-state index in [1.54, 1.807) is 19.3 Å². The predicted molar refractivity (Wildman–Crippen MR) is 72.9 cm³/mol.